The number of carbonyl (C=O) groups excluding carboxylic acids is 1. The molecular formula is C14H22O2. The molecule has 0 fully saturated rings. The van der Waals surface area contributed by atoms with Crippen molar-refractivity contribution >= 4 is 5.78 Å². The van der Waals surface area contributed by atoms with Crippen LogP contribution in [0.5, 0.6) is 0 Å². The standard InChI is InChI=1S/C14H22O2/c1-4-6-7-12(5-2)10-13(15)14-11(3)8-9-16-14/h8-9,12H,4-7,10H2,1-3H3. The molecule has 0 spiro atoms. The Morgan fingerprint density at radius 3 is 2.69 bits per heavy atom. The normalized spacial score (nSPS) is 12.7. The van der Waals surface area contributed by atoms with E-state index in [-0.39, 0.29) is 5.78 Å². The number of hydrogen-bond acceptors (Lipinski definition) is 2. The van der Waals surface area contributed by atoms with Crippen molar-refractivity contribution in [3.05, 3.63) is 23.7 Å². The van der Waals surface area contributed by atoms with Gasteiger partial charge in [0.25, 0.3) is 0 Å². The number of hydrogen-bond donors (Lipinski definition) is 0. The summed E-state index contributed by atoms with van der Waals surface area (Å²) in [7, 11) is 0. The van der Waals surface area contributed by atoms with Crippen molar-refractivity contribution in [2.75, 3.05) is 0 Å². The zero-order valence-electron chi connectivity index (χ0n) is 10.6. The van der Waals surface area contributed by atoms with Crippen molar-refractivity contribution in [3.8, 4) is 0 Å². The van der Waals surface area contributed by atoms with Crippen molar-refractivity contribution in [3.63, 3.8) is 0 Å². The predicted octanol–water partition coefficient (Wildman–Crippen LogP) is 4.38. The molecule has 1 aromatic rings. The van der Waals surface area contributed by atoms with Gasteiger partial charge in [0.1, 0.15) is 0 Å². The summed E-state index contributed by atoms with van der Waals surface area (Å²) in [6.07, 6.45) is 6.86. The maximum atomic E-state index is 12.0. The first-order valence-electron chi connectivity index (χ1n) is 6.26. The molecule has 0 aromatic carbocycles. The molecule has 1 heterocycles. The second-order valence-electron chi connectivity index (χ2n) is 4.48. The third-order valence-corrected chi connectivity index (χ3v) is 3.13. The monoisotopic (exact) mass is 222 g/mol. The Morgan fingerprint density at radius 1 is 1.44 bits per heavy atom. The van der Waals surface area contributed by atoms with E-state index in [0.717, 1.165) is 18.4 Å². The molecule has 0 saturated heterocycles. The van der Waals surface area contributed by atoms with Gasteiger partial charge in [0.05, 0.1) is 6.26 Å². The Balaban J connectivity index is 2.52. The maximum absolute atomic E-state index is 12.0. The van der Waals surface area contributed by atoms with E-state index in [0.29, 0.717) is 18.1 Å². The Labute approximate surface area is 98.0 Å². The summed E-state index contributed by atoms with van der Waals surface area (Å²) >= 11 is 0. The smallest absolute Gasteiger partial charge is 0.198 e. The highest BCUT2D eigenvalue weighted by Gasteiger charge is 2.17. The summed E-state index contributed by atoms with van der Waals surface area (Å²) in [5.74, 6) is 1.22. The second-order valence-corrected chi connectivity index (χ2v) is 4.48. The molecule has 2 heteroatoms. The minimum Gasteiger partial charge on any atom is -0.461 e. The van der Waals surface area contributed by atoms with Gasteiger partial charge < -0.3 is 4.42 Å². The van der Waals surface area contributed by atoms with Gasteiger partial charge in [-0.25, -0.2) is 0 Å². The molecule has 0 amide bonds. The third kappa shape index (κ3) is 3.51. The summed E-state index contributed by atoms with van der Waals surface area (Å²) in [5.41, 5.74) is 0.954. The Hall–Kier alpha value is -1.05. The van der Waals surface area contributed by atoms with Gasteiger partial charge in [-0.1, -0.05) is 39.5 Å². The molecule has 0 aliphatic rings. The zero-order valence-corrected chi connectivity index (χ0v) is 10.6. The van der Waals surface area contributed by atoms with E-state index in [1.807, 2.05) is 13.0 Å². The minimum atomic E-state index is 0.158. The van der Waals surface area contributed by atoms with E-state index in [2.05, 4.69) is 13.8 Å². The van der Waals surface area contributed by atoms with Crippen molar-refractivity contribution in [1.82, 2.24) is 0 Å². The first-order chi connectivity index (χ1) is 7.69. The minimum absolute atomic E-state index is 0.158. The molecule has 1 aromatic heterocycles. The highest BCUT2D eigenvalue weighted by atomic mass is 16.3. The summed E-state index contributed by atoms with van der Waals surface area (Å²) < 4.78 is 5.23. The molecule has 0 aliphatic carbocycles. The van der Waals surface area contributed by atoms with Gasteiger partial charge in [-0.3, -0.25) is 4.79 Å². The highest BCUT2D eigenvalue weighted by Crippen LogP contribution is 2.21. The molecule has 0 aliphatic heterocycles. The van der Waals surface area contributed by atoms with Crippen LogP contribution in [0.15, 0.2) is 16.7 Å². The molecule has 90 valence electrons. The van der Waals surface area contributed by atoms with Crippen molar-refractivity contribution in [1.29, 1.82) is 0 Å². The molecule has 0 bridgehead atoms. The van der Waals surface area contributed by atoms with E-state index in [1.54, 1.807) is 6.26 Å². The number of unbranched alkanes of at least 4 members (excludes halogenated alkanes) is 1. The fraction of sp³-hybridized carbons (Fsp3) is 0.643. The lowest BCUT2D eigenvalue weighted by molar-refractivity contribution is 0.0928. The summed E-state index contributed by atoms with van der Waals surface area (Å²) in [6.45, 7) is 6.26. The first-order valence-corrected chi connectivity index (χ1v) is 6.26. The molecule has 1 atom stereocenters. The predicted molar refractivity (Wildman–Crippen MR) is 65.7 cm³/mol. The van der Waals surface area contributed by atoms with Crippen LogP contribution in [0.25, 0.3) is 0 Å². The van der Waals surface area contributed by atoms with Crippen LogP contribution in [0.2, 0.25) is 0 Å². The maximum Gasteiger partial charge on any atom is 0.198 e. The van der Waals surface area contributed by atoms with Gasteiger partial charge in [-0.2, -0.15) is 0 Å². The van der Waals surface area contributed by atoms with Crippen LogP contribution in [0.3, 0.4) is 0 Å². The third-order valence-electron chi connectivity index (χ3n) is 3.13. The van der Waals surface area contributed by atoms with Crippen molar-refractivity contribution in [2.24, 2.45) is 5.92 Å². The number of carbonyl (C=O) groups is 1. The fourth-order valence-corrected chi connectivity index (χ4v) is 1.96. The van der Waals surface area contributed by atoms with E-state index >= 15 is 0 Å². The average Bonchev–Trinajstić information content (AvgIpc) is 2.70. The Bertz CT molecular complexity index is 325. The van der Waals surface area contributed by atoms with Crippen molar-refractivity contribution < 1.29 is 9.21 Å². The molecule has 0 N–H and O–H groups in total. The zero-order chi connectivity index (χ0) is 12.0. The van der Waals surface area contributed by atoms with E-state index in [9.17, 15) is 4.79 Å². The lowest BCUT2D eigenvalue weighted by Gasteiger charge is -2.12. The number of ketones is 1. The summed E-state index contributed by atoms with van der Waals surface area (Å²) in [4.78, 5) is 12.0. The van der Waals surface area contributed by atoms with Crippen LogP contribution >= 0.6 is 0 Å². The van der Waals surface area contributed by atoms with Gasteiger partial charge in [0, 0.05) is 6.42 Å². The Morgan fingerprint density at radius 2 is 2.19 bits per heavy atom. The summed E-state index contributed by atoms with van der Waals surface area (Å²) in [5, 5.41) is 0. The van der Waals surface area contributed by atoms with Gasteiger partial charge >= 0.3 is 0 Å². The first kappa shape index (κ1) is 13.0. The van der Waals surface area contributed by atoms with Crippen LogP contribution in [-0.2, 0) is 0 Å². The molecule has 16 heavy (non-hydrogen) atoms. The number of rotatable bonds is 7. The van der Waals surface area contributed by atoms with Gasteiger partial charge in [-0.05, 0) is 24.5 Å². The Kier molecular flexibility index (Phi) is 5.30. The molecular weight excluding hydrogens is 200 g/mol. The van der Waals surface area contributed by atoms with Gasteiger partial charge in [0.2, 0.25) is 0 Å². The van der Waals surface area contributed by atoms with Gasteiger partial charge in [0.15, 0.2) is 11.5 Å². The lowest BCUT2D eigenvalue weighted by atomic mass is 9.93. The largest absolute Gasteiger partial charge is 0.461 e. The van der Waals surface area contributed by atoms with Crippen LogP contribution in [0, 0.1) is 12.8 Å². The number of Topliss-reactive ketones (excluding diaryl/α,β-unsaturated/α-hetero) is 1. The van der Waals surface area contributed by atoms with Gasteiger partial charge in [-0.15, -0.1) is 0 Å². The quantitative estimate of drug-likeness (QED) is 0.641. The van der Waals surface area contributed by atoms with E-state index in [4.69, 9.17) is 4.42 Å². The average molecular weight is 222 g/mol. The number of aryl methyl sites for hydroxylation is 1. The highest BCUT2D eigenvalue weighted by molar-refractivity contribution is 5.94. The summed E-state index contributed by atoms with van der Waals surface area (Å²) in [6, 6.07) is 1.85. The van der Waals surface area contributed by atoms with Crippen LogP contribution in [0.4, 0.5) is 0 Å². The molecule has 2 nitrogen and oxygen atoms in total. The van der Waals surface area contributed by atoms with Crippen LogP contribution in [0.1, 0.15) is 62.1 Å². The molecule has 1 unspecified atom stereocenters. The number of furan rings is 1. The topological polar surface area (TPSA) is 30.2 Å². The molecule has 0 saturated carbocycles. The molecule has 1 rings (SSSR count). The second kappa shape index (κ2) is 6.51. The van der Waals surface area contributed by atoms with Crippen LogP contribution < -0.4 is 0 Å². The van der Waals surface area contributed by atoms with E-state index < -0.39 is 0 Å². The fourth-order valence-electron chi connectivity index (χ4n) is 1.96. The van der Waals surface area contributed by atoms with E-state index in [1.165, 1.54) is 12.8 Å². The van der Waals surface area contributed by atoms with Crippen molar-refractivity contribution in [2.45, 2.75) is 52.9 Å². The SMILES string of the molecule is CCCCC(CC)CC(=O)c1occc1C. The van der Waals surface area contributed by atoms with Crippen LogP contribution in [-0.4, -0.2) is 5.78 Å². The molecule has 0 radical (unpaired) electrons. The lowest BCUT2D eigenvalue weighted by Crippen LogP contribution is -2.08.